The summed E-state index contributed by atoms with van der Waals surface area (Å²) in [4.78, 5) is 47.9. The zero-order valence-electron chi connectivity index (χ0n) is 15.8. The van der Waals surface area contributed by atoms with E-state index in [0.717, 1.165) is 4.68 Å². The summed E-state index contributed by atoms with van der Waals surface area (Å²) in [7, 11) is 1.48. The summed E-state index contributed by atoms with van der Waals surface area (Å²) in [6.07, 6.45) is 0. The van der Waals surface area contributed by atoms with Crippen LogP contribution < -0.4 is 16.2 Å². The van der Waals surface area contributed by atoms with E-state index < -0.39 is 24.0 Å². The average molecular weight is 394 g/mol. The number of nitrogens with one attached hydrogen (secondary N) is 2. The molecule has 1 aromatic rings. The first kappa shape index (κ1) is 21.1. The molecule has 2 heterocycles. The van der Waals surface area contributed by atoms with Crippen molar-refractivity contribution in [2.24, 2.45) is 0 Å². The molecular weight excluding hydrogens is 372 g/mol. The predicted molar refractivity (Wildman–Crippen MR) is 95.4 cm³/mol. The highest BCUT2D eigenvalue weighted by Crippen LogP contribution is 2.15. The smallest absolute Gasteiger partial charge is 0.359 e. The van der Waals surface area contributed by atoms with Crippen molar-refractivity contribution in [2.45, 2.75) is 26.4 Å². The van der Waals surface area contributed by atoms with Crippen LogP contribution in [0.25, 0.3) is 0 Å². The molecular formula is C17H22N4O7. The molecule has 0 fully saturated rings. The molecule has 0 saturated heterocycles. The molecule has 11 nitrogen and oxygen atoms in total. The summed E-state index contributed by atoms with van der Waals surface area (Å²) in [5, 5.41) is 8.92. The highest BCUT2D eigenvalue weighted by Gasteiger charge is 2.30. The number of aromatic nitrogens is 2. The fourth-order valence-corrected chi connectivity index (χ4v) is 2.50. The minimum absolute atomic E-state index is 0.0951. The third-order valence-electron chi connectivity index (χ3n) is 3.80. The monoisotopic (exact) mass is 394 g/mol. The Labute approximate surface area is 160 Å². The van der Waals surface area contributed by atoms with E-state index in [2.05, 4.69) is 15.7 Å². The summed E-state index contributed by atoms with van der Waals surface area (Å²) in [6, 6.07) is 1.28. The molecule has 1 aliphatic rings. The van der Waals surface area contributed by atoms with Gasteiger partial charge in [-0.25, -0.2) is 19.1 Å². The van der Waals surface area contributed by atoms with Gasteiger partial charge in [0.05, 0.1) is 37.1 Å². The summed E-state index contributed by atoms with van der Waals surface area (Å²) >= 11 is 0. The number of ether oxygens (including phenoxy) is 3. The standard InChI is InChI=1S/C17H22N4O7/c1-4-27-16(24)14-10(2)18-17(25)19-12(14)9-28-15(23)11-5-6-13(22)21(20-11)7-8-26-3/h5-6,10H,4,7-9H2,1-3H3,(H2,18,19,25)/t10-/m1/s1. The van der Waals surface area contributed by atoms with E-state index >= 15 is 0 Å². The van der Waals surface area contributed by atoms with E-state index in [1.165, 1.54) is 19.2 Å². The number of nitrogens with zero attached hydrogens (tertiary/aromatic N) is 2. The molecule has 0 radical (unpaired) electrons. The zero-order chi connectivity index (χ0) is 20.7. The molecule has 0 spiro atoms. The van der Waals surface area contributed by atoms with Crippen molar-refractivity contribution in [3.63, 3.8) is 0 Å². The molecule has 2 rings (SSSR count). The lowest BCUT2D eigenvalue weighted by Gasteiger charge is -2.26. The summed E-state index contributed by atoms with van der Waals surface area (Å²) < 4.78 is 16.1. The number of hydrogen-bond donors (Lipinski definition) is 2. The van der Waals surface area contributed by atoms with Gasteiger partial charge in [0.2, 0.25) is 0 Å². The Morgan fingerprint density at radius 3 is 2.64 bits per heavy atom. The molecule has 1 aromatic heterocycles. The maximum absolute atomic E-state index is 12.3. The van der Waals surface area contributed by atoms with Gasteiger partial charge < -0.3 is 24.8 Å². The second-order valence-corrected chi connectivity index (χ2v) is 5.78. The van der Waals surface area contributed by atoms with Gasteiger partial charge in [0.15, 0.2) is 5.69 Å². The molecule has 28 heavy (non-hydrogen) atoms. The molecule has 0 aromatic carbocycles. The van der Waals surface area contributed by atoms with Crippen LogP contribution in [-0.4, -0.2) is 60.7 Å². The lowest BCUT2D eigenvalue weighted by Crippen LogP contribution is -2.50. The molecule has 1 aliphatic heterocycles. The summed E-state index contributed by atoms with van der Waals surface area (Å²) in [5.74, 6) is -1.44. The fraction of sp³-hybridized carbons (Fsp3) is 0.471. The van der Waals surface area contributed by atoms with Crippen LogP contribution in [0, 0.1) is 0 Å². The molecule has 2 N–H and O–H groups in total. The van der Waals surface area contributed by atoms with Crippen molar-refractivity contribution in [3.8, 4) is 0 Å². The number of rotatable bonds is 8. The van der Waals surface area contributed by atoms with E-state index in [4.69, 9.17) is 14.2 Å². The summed E-state index contributed by atoms with van der Waals surface area (Å²) in [6.45, 7) is 3.47. The van der Waals surface area contributed by atoms with E-state index in [1.807, 2.05) is 0 Å². The number of amides is 2. The van der Waals surface area contributed by atoms with Gasteiger partial charge in [0.1, 0.15) is 6.61 Å². The van der Waals surface area contributed by atoms with Gasteiger partial charge in [-0.1, -0.05) is 0 Å². The van der Waals surface area contributed by atoms with Crippen LogP contribution in [0.15, 0.2) is 28.2 Å². The molecule has 0 aliphatic carbocycles. The first-order chi connectivity index (χ1) is 13.4. The zero-order valence-corrected chi connectivity index (χ0v) is 15.8. The van der Waals surface area contributed by atoms with E-state index in [9.17, 15) is 19.2 Å². The van der Waals surface area contributed by atoms with E-state index in [1.54, 1.807) is 13.8 Å². The molecule has 152 valence electrons. The third kappa shape index (κ3) is 5.16. The summed E-state index contributed by atoms with van der Waals surface area (Å²) in [5.41, 5.74) is -0.203. The predicted octanol–water partition coefficient (Wildman–Crippen LogP) is -0.435. The number of esters is 2. The van der Waals surface area contributed by atoms with Crippen LogP contribution in [0.2, 0.25) is 0 Å². The van der Waals surface area contributed by atoms with Gasteiger partial charge >= 0.3 is 18.0 Å². The maximum Gasteiger partial charge on any atom is 0.359 e. The van der Waals surface area contributed by atoms with Crippen LogP contribution >= 0.6 is 0 Å². The van der Waals surface area contributed by atoms with Gasteiger partial charge in [0, 0.05) is 13.2 Å². The normalized spacial score (nSPS) is 16.2. The highest BCUT2D eigenvalue weighted by atomic mass is 16.5. The van der Waals surface area contributed by atoms with Crippen LogP contribution in [0.4, 0.5) is 4.79 Å². The maximum atomic E-state index is 12.3. The average Bonchev–Trinajstić information content (AvgIpc) is 2.65. The van der Waals surface area contributed by atoms with Crippen LogP contribution in [0.5, 0.6) is 0 Å². The number of urea groups is 1. The first-order valence-electron chi connectivity index (χ1n) is 8.59. The van der Waals surface area contributed by atoms with Gasteiger partial charge in [-0.15, -0.1) is 0 Å². The SMILES string of the molecule is CCOC(=O)C1=C(COC(=O)c2ccc(=O)n(CCOC)n2)NC(=O)N[C@@H]1C. The van der Waals surface area contributed by atoms with Crippen molar-refractivity contribution in [3.05, 3.63) is 39.5 Å². The first-order valence-corrected chi connectivity index (χ1v) is 8.59. The Hall–Kier alpha value is -3.21. The van der Waals surface area contributed by atoms with Crippen molar-refractivity contribution < 1.29 is 28.6 Å². The molecule has 0 unspecified atom stereocenters. The Kier molecular flexibility index (Phi) is 7.27. The van der Waals surface area contributed by atoms with Crippen LogP contribution in [0.1, 0.15) is 24.3 Å². The Balaban J connectivity index is 2.17. The molecule has 2 amide bonds. The van der Waals surface area contributed by atoms with E-state index in [0.29, 0.717) is 0 Å². The highest BCUT2D eigenvalue weighted by molar-refractivity contribution is 5.95. The third-order valence-corrected chi connectivity index (χ3v) is 3.80. The van der Waals surface area contributed by atoms with Crippen LogP contribution in [0.3, 0.4) is 0 Å². The number of carbonyl (C=O) groups excluding carboxylic acids is 3. The second-order valence-electron chi connectivity index (χ2n) is 5.78. The quantitative estimate of drug-likeness (QED) is 0.566. The van der Waals surface area contributed by atoms with Crippen molar-refractivity contribution >= 4 is 18.0 Å². The minimum Gasteiger partial charge on any atom is -0.463 e. The number of methoxy groups -OCH3 is 1. The van der Waals surface area contributed by atoms with Gasteiger partial charge in [0.25, 0.3) is 5.56 Å². The van der Waals surface area contributed by atoms with Crippen molar-refractivity contribution in [1.29, 1.82) is 0 Å². The molecule has 1 atom stereocenters. The Morgan fingerprint density at radius 2 is 1.96 bits per heavy atom. The second kappa shape index (κ2) is 9.65. The van der Waals surface area contributed by atoms with E-state index in [-0.39, 0.29) is 48.9 Å². The lowest BCUT2D eigenvalue weighted by molar-refractivity contribution is -0.139. The van der Waals surface area contributed by atoms with Crippen LogP contribution in [-0.2, 0) is 25.5 Å². The largest absolute Gasteiger partial charge is 0.463 e. The fourth-order valence-electron chi connectivity index (χ4n) is 2.50. The Bertz CT molecular complexity index is 846. The molecule has 0 bridgehead atoms. The topological polar surface area (TPSA) is 138 Å². The van der Waals surface area contributed by atoms with Crippen molar-refractivity contribution in [2.75, 3.05) is 26.9 Å². The van der Waals surface area contributed by atoms with Crippen molar-refractivity contribution in [1.82, 2.24) is 20.4 Å². The molecule has 0 saturated carbocycles. The minimum atomic E-state index is -0.817. The Morgan fingerprint density at radius 1 is 1.21 bits per heavy atom. The lowest BCUT2D eigenvalue weighted by atomic mass is 10.0. The van der Waals surface area contributed by atoms with Gasteiger partial charge in [-0.05, 0) is 19.9 Å². The van der Waals surface area contributed by atoms with Gasteiger partial charge in [-0.2, -0.15) is 5.10 Å². The van der Waals surface area contributed by atoms with Gasteiger partial charge in [-0.3, -0.25) is 4.79 Å². The number of hydrogen-bond acceptors (Lipinski definition) is 8. The number of carbonyl (C=O) groups is 3. The molecule has 11 heteroatoms.